The summed E-state index contributed by atoms with van der Waals surface area (Å²) in [6.45, 7) is 1.97. The van der Waals surface area contributed by atoms with E-state index in [2.05, 4.69) is 15.1 Å². The molecule has 0 radical (unpaired) electrons. The molecule has 0 bridgehead atoms. The molecule has 1 fully saturated rings. The number of benzene rings is 1. The number of alkyl halides is 3. The Labute approximate surface area is 185 Å². The lowest BCUT2D eigenvalue weighted by Gasteiger charge is -2.29. The van der Waals surface area contributed by atoms with Crippen LogP contribution in [-0.4, -0.2) is 37.1 Å². The first-order valence-corrected chi connectivity index (χ1v) is 10.2. The van der Waals surface area contributed by atoms with Crippen molar-refractivity contribution in [1.29, 1.82) is 0 Å². The van der Waals surface area contributed by atoms with Gasteiger partial charge in [-0.3, -0.25) is 4.79 Å². The SMILES string of the molecule is CC(c1ncnn1-c1ncccc1F)N(CC1CC1)C(=O)c1cc(Cl)cc(C(F)(F)F)c1. The average Bonchev–Trinajstić information content (AvgIpc) is 3.43. The maximum atomic E-state index is 14.3. The van der Waals surface area contributed by atoms with Gasteiger partial charge in [0.15, 0.2) is 17.5 Å². The van der Waals surface area contributed by atoms with Gasteiger partial charge >= 0.3 is 6.18 Å². The molecule has 6 nitrogen and oxygen atoms in total. The molecule has 1 aliphatic rings. The van der Waals surface area contributed by atoms with E-state index in [1.54, 1.807) is 6.92 Å². The second-order valence-electron chi connectivity index (χ2n) is 7.64. The number of pyridine rings is 1. The van der Waals surface area contributed by atoms with Crippen molar-refractivity contribution in [3.63, 3.8) is 0 Å². The normalized spacial score (nSPS) is 14.9. The van der Waals surface area contributed by atoms with Gasteiger partial charge in [0, 0.05) is 23.3 Å². The number of carbonyl (C=O) groups excluding carboxylic acids is 1. The summed E-state index contributed by atoms with van der Waals surface area (Å²) in [5.41, 5.74) is -1.20. The molecule has 3 aromatic rings. The van der Waals surface area contributed by atoms with Crippen molar-refractivity contribution in [2.45, 2.75) is 32.0 Å². The molecule has 1 amide bonds. The third-order valence-electron chi connectivity index (χ3n) is 5.24. The van der Waals surface area contributed by atoms with Crippen LogP contribution in [0.1, 0.15) is 47.6 Å². The van der Waals surface area contributed by atoms with Gasteiger partial charge < -0.3 is 4.90 Å². The average molecular weight is 468 g/mol. The van der Waals surface area contributed by atoms with Crippen LogP contribution < -0.4 is 0 Å². The van der Waals surface area contributed by atoms with Crippen LogP contribution in [0.2, 0.25) is 5.02 Å². The molecule has 1 aliphatic carbocycles. The predicted octanol–water partition coefficient (Wildman–Crippen LogP) is 5.09. The first-order chi connectivity index (χ1) is 15.1. The van der Waals surface area contributed by atoms with Crippen molar-refractivity contribution < 1.29 is 22.4 Å². The lowest BCUT2D eigenvalue weighted by atomic mass is 10.1. The minimum Gasteiger partial charge on any atom is -0.328 e. The zero-order valence-electron chi connectivity index (χ0n) is 16.9. The first kappa shape index (κ1) is 22.2. The van der Waals surface area contributed by atoms with Gasteiger partial charge in [-0.1, -0.05) is 11.6 Å². The summed E-state index contributed by atoms with van der Waals surface area (Å²) in [5, 5.41) is 3.84. The Morgan fingerprint density at radius 3 is 2.69 bits per heavy atom. The standard InChI is InChI=1S/C21H18ClF4N5O/c1-12(18-28-11-29-31(18)19-17(23)3-2-6-27-19)30(10-13-4-5-13)20(32)14-7-15(21(24,25)26)9-16(22)8-14/h2-3,6-9,11-13H,4-5,10H2,1H3. The van der Waals surface area contributed by atoms with Gasteiger partial charge in [0.25, 0.3) is 5.91 Å². The molecule has 2 heterocycles. The van der Waals surface area contributed by atoms with Gasteiger partial charge in [-0.25, -0.2) is 14.4 Å². The van der Waals surface area contributed by atoms with E-state index >= 15 is 0 Å². The number of hydrogen-bond donors (Lipinski definition) is 0. The van der Waals surface area contributed by atoms with Crippen LogP contribution >= 0.6 is 11.6 Å². The van der Waals surface area contributed by atoms with E-state index in [0.717, 1.165) is 25.0 Å². The van der Waals surface area contributed by atoms with Crippen LogP contribution in [0, 0.1) is 11.7 Å². The second-order valence-corrected chi connectivity index (χ2v) is 8.08. The highest BCUT2D eigenvalue weighted by Crippen LogP contribution is 2.35. The molecule has 4 rings (SSSR count). The Bertz CT molecular complexity index is 1150. The molecule has 1 unspecified atom stereocenters. The molecule has 168 valence electrons. The van der Waals surface area contributed by atoms with Crippen molar-refractivity contribution in [2.75, 3.05) is 6.54 Å². The van der Waals surface area contributed by atoms with Gasteiger partial charge in [0.1, 0.15) is 6.33 Å². The number of aromatic nitrogens is 4. The van der Waals surface area contributed by atoms with Crippen molar-refractivity contribution in [2.24, 2.45) is 5.92 Å². The molecule has 0 spiro atoms. The molecular weight excluding hydrogens is 450 g/mol. The highest BCUT2D eigenvalue weighted by atomic mass is 35.5. The molecule has 0 saturated heterocycles. The van der Waals surface area contributed by atoms with Gasteiger partial charge in [-0.05, 0) is 56.0 Å². The number of halogens is 5. The first-order valence-electron chi connectivity index (χ1n) is 9.84. The van der Waals surface area contributed by atoms with E-state index in [1.165, 1.54) is 40.3 Å². The number of rotatable bonds is 6. The van der Waals surface area contributed by atoms with E-state index in [4.69, 9.17) is 11.6 Å². The minimum absolute atomic E-state index is 0.0900. The summed E-state index contributed by atoms with van der Waals surface area (Å²) >= 11 is 5.88. The van der Waals surface area contributed by atoms with Crippen molar-refractivity contribution in [3.8, 4) is 5.82 Å². The summed E-state index contributed by atoms with van der Waals surface area (Å²) in [6.07, 6.45) is -0.237. The number of amides is 1. The highest BCUT2D eigenvalue weighted by Gasteiger charge is 2.35. The molecular formula is C21H18ClF4N5O. The summed E-state index contributed by atoms with van der Waals surface area (Å²) in [6, 6.07) is 4.68. The van der Waals surface area contributed by atoms with E-state index < -0.39 is 29.5 Å². The molecule has 1 atom stereocenters. The van der Waals surface area contributed by atoms with Gasteiger partial charge in [-0.15, -0.1) is 0 Å². The summed E-state index contributed by atoms with van der Waals surface area (Å²) in [7, 11) is 0. The van der Waals surface area contributed by atoms with Crippen molar-refractivity contribution in [1.82, 2.24) is 24.6 Å². The fourth-order valence-electron chi connectivity index (χ4n) is 3.41. The molecule has 1 saturated carbocycles. The Morgan fingerprint density at radius 2 is 2.03 bits per heavy atom. The molecule has 1 aromatic carbocycles. The van der Waals surface area contributed by atoms with E-state index in [-0.39, 0.29) is 28.1 Å². The van der Waals surface area contributed by atoms with E-state index in [0.29, 0.717) is 6.54 Å². The number of carbonyl (C=O) groups is 1. The zero-order valence-corrected chi connectivity index (χ0v) is 17.6. The smallest absolute Gasteiger partial charge is 0.328 e. The van der Waals surface area contributed by atoms with Crippen LogP contribution in [0.4, 0.5) is 17.6 Å². The topological polar surface area (TPSA) is 63.9 Å². The fourth-order valence-corrected chi connectivity index (χ4v) is 3.64. The Balaban J connectivity index is 1.72. The number of nitrogens with zero attached hydrogens (tertiary/aromatic N) is 5. The van der Waals surface area contributed by atoms with Crippen LogP contribution in [0.15, 0.2) is 42.9 Å². The lowest BCUT2D eigenvalue weighted by Crippen LogP contribution is -2.37. The van der Waals surface area contributed by atoms with Gasteiger partial charge in [-0.2, -0.15) is 23.0 Å². The third-order valence-corrected chi connectivity index (χ3v) is 5.46. The number of hydrogen-bond acceptors (Lipinski definition) is 4. The molecule has 32 heavy (non-hydrogen) atoms. The molecule has 0 aliphatic heterocycles. The van der Waals surface area contributed by atoms with Crippen LogP contribution in [0.25, 0.3) is 5.82 Å². The highest BCUT2D eigenvalue weighted by molar-refractivity contribution is 6.31. The maximum Gasteiger partial charge on any atom is 0.416 e. The lowest BCUT2D eigenvalue weighted by molar-refractivity contribution is -0.137. The second kappa shape index (κ2) is 8.50. The van der Waals surface area contributed by atoms with Crippen LogP contribution in [0.5, 0.6) is 0 Å². The van der Waals surface area contributed by atoms with Gasteiger partial charge in [0.2, 0.25) is 0 Å². The van der Waals surface area contributed by atoms with Crippen LogP contribution in [0.3, 0.4) is 0 Å². The Hall–Kier alpha value is -3.01. The monoisotopic (exact) mass is 467 g/mol. The Kier molecular flexibility index (Phi) is 5.89. The summed E-state index contributed by atoms with van der Waals surface area (Å²) < 4.78 is 55.2. The molecule has 11 heteroatoms. The van der Waals surface area contributed by atoms with Gasteiger partial charge in [0.05, 0.1) is 11.6 Å². The fraction of sp³-hybridized carbons (Fsp3) is 0.333. The van der Waals surface area contributed by atoms with Crippen molar-refractivity contribution in [3.05, 3.63) is 70.6 Å². The zero-order chi connectivity index (χ0) is 23.0. The summed E-state index contributed by atoms with van der Waals surface area (Å²) in [4.78, 5) is 22.9. The van der Waals surface area contributed by atoms with E-state index in [1.807, 2.05) is 0 Å². The maximum absolute atomic E-state index is 14.3. The van der Waals surface area contributed by atoms with E-state index in [9.17, 15) is 22.4 Å². The van der Waals surface area contributed by atoms with Crippen LogP contribution in [-0.2, 0) is 6.18 Å². The molecule has 2 aromatic heterocycles. The quantitative estimate of drug-likeness (QED) is 0.474. The Morgan fingerprint density at radius 1 is 1.28 bits per heavy atom. The predicted molar refractivity (Wildman–Crippen MR) is 108 cm³/mol. The third kappa shape index (κ3) is 4.59. The molecule has 0 N–H and O–H groups in total. The minimum atomic E-state index is -4.65. The van der Waals surface area contributed by atoms with Crippen molar-refractivity contribution >= 4 is 17.5 Å². The summed E-state index contributed by atoms with van der Waals surface area (Å²) in [5.74, 6) is -0.891. The largest absolute Gasteiger partial charge is 0.416 e.